The van der Waals surface area contributed by atoms with Gasteiger partial charge in [0.2, 0.25) is 11.2 Å². The lowest BCUT2D eigenvalue weighted by atomic mass is 9.70. The Kier molecular flexibility index (Phi) is 5.18. The molecular weight excluding hydrogens is 410 g/mol. The number of hydrogen-bond donors (Lipinski definition) is 1. The normalized spacial score (nSPS) is 36.2. The Labute approximate surface area is 144 Å². The molecule has 0 saturated carbocycles. The van der Waals surface area contributed by atoms with Gasteiger partial charge in [-0.3, -0.25) is 0 Å². The molecule has 1 N–H and O–H groups in total. The van der Waals surface area contributed by atoms with Gasteiger partial charge < -0.3 is 14.6 Å². The SMILES string of the molecule is C=CC(=O)OC1(C(F)(F)F)OC(C)(C(F)(F)F)C(F)(F)C(O)(CC)C1(F)F. The van der Waals surface area contributed by atoms with Crippen LogP contribution in [0.4, 0.5) is 43.9 Å². The summed E-state index contributed by atoms with van der Waals surface area (Å²) in [6.45, 7) is 2.20. The summed E-state index contributed by atoms with van der Waals surface area (Å²) in [6, 6.07) is 0. The zero-order chi connectivity index (χ0) is 21.9. The van der Waals surface area contributed by atoms with Gasteiger partial charge in [0, 0.05) is 6.08 Å². The zero-order valence-electron chi connectivity index (χ0n) is 13.4. The maximum atomic E-state index is 14.5. The third kappa shape index (κ3) is 2.62. The maximum Gasteiger partial charge on any atom is 0.462 e. The van der Waals surface area contributed by atoms with Gasteiger partial charge in [0.15, 0.2) is 0 Å². The number of rotatable bonds is 3. The number of carbonyl (C=O) groups excluding carboxylic acids is 1. The monoisotopic (exact) mass is 422 g/mol. The molecule has 1 fully saturated rings. The first-order chi connectivity index (χ1) is 11.7. The third-order valence-corrected chi connectivity index (χ3v) is 4.24. The Morgan fingerprint density at radius 3 is 1.81 bits per heavy atom. The molecule has 1 rings (SSSR count). The molecule has 27 heavy (non-hydrogen) atoms. The van der Waals surface area contributed by atoms with E-state index in [0.29, 0.717) is 6.92 Å². The first-order valence-electron chi connectivity index (χ1n) is 6.89. The second-order valence-corrected chi connectivity index (χ2v) is 5.74. The number of alkyl halides is 10. The Hall–Kier alpha value is -1.57. The highest BCUT2D eigenvalue weighted by Gasteiger charge is 2.95. The van der Waals surface area contributed by atoms with Gasteiger partial charge in [-0.15, -0.1) is 0 Å². The van der Waals surface area contributed by atoms with Crippen molar-refractivity contribution in [2.24, 2.45) is 0 Å². The lowest BCUT2D eigenvalue weighted by Crippen LogP contribution is -2.87. The van der Waals surface area contributed by atoms with Crippen molar-refractivity contribution in [3.8, 4) is 0 Å². The van der Waals surface area contributed by atoms with Crippen molar-refractivity contribution in [3.63, 3.8) is 0 Å². The highest BCUT2D eigenvalue weighted by molar-refractivity contribution is 5.81. The standard InChI is InChI=1S/C13H12F10O4/c1-4-6(24)26-11(13(21,22)23)10(16,17)8(25,5-2)9(14,15)7(3,27-11)12(18,19)20/h4,25H,1,5H2,2-3H3. The van der Waals surface area contributed by atoms with Crippen LogP contribution in [0, 0.1) is 0 Å². The molecular formula is C13H12F10O4. The molecule has 0 spiro atoms. The Balaban J connectivity index is 4.04. The van der Waals surface area contributed by atoms with Gasteiger partial charge in [-0.1, -0.05) is 13.5 Å². The first kappa shape index (κ1) is 23.5. The van der Waals surface area contributed by atoms with Gasteiger partial charge in [0.1, 0.15) is 0 Å². The number of esters is 1. The quantitative estimate of drug-likeness (QED) is 0.428. The van der Waals surface area contributed by atoms with E-state index in [0.717, 1.165) is 0 Å². The minimum atomic E-state index is -6.68. The summed E-state index contributed by atoms with van der Waals surface area (Å²) in [5.74, 6) is -20.5. The molecule has 1 aliphatic rings. The lowest BCUT2D eigenvalue weighted by Gasteiger charge is -2.59. The fourth-order valence-corrected chi connectivity index (χ4v) is 2.52. The fraction of sp³-hybridized carbons (Fsp3) is 0.769. The van der Waals surface area contributed by atoms with E-state index in [2.05, 4.69) is 16.1 Å². The number of ether oxygens (including phenoxy) is 2. The summed E-state index contributed by atoms with van der Waals surface area (Å²) in [7, 11) is 0. The largest absolute Gasteiger partial charge is 0.462 e. The Morgan fingerprint density at radius 2 is 1.52 bits per heavy atom. The predicted octanol–water partition coefficient (Wildman–Crippen LogP) is 3.74. The minimum absolute atomic E-state index is 0.143. The summed E-state index contributed by atoms with van der Waals surface area (Å²) < 4.78 is 144. The van der Waals surface area contributed by atoms with Crippen LogP contribution in [0.2, 0.25) is 0 Å². The molecule has 1 heterocycles. The number of carbonyl (C=O) groups is 1. The molecule has 14 heteroatoms. The van der Waals surface area contributed by atoms with Crippen molar-refractivity contribution in [2.45, 2.75) is 61.5 Å². The molecule has 0 radical (unpaired) electrons. The Bertz CT molecular complexity index is 622. The minimum Gasteiger partial charge on any atom is -0.415 e. The molecule has 3 unspecified atom stereocenters. The van der Waals surface area contributed by atoms with Crippen LogP contribution >= 0.6 is 0 Å². The number of aliphatic hydroxyl groups is 1. The van der Waals surface area contributed by atoms with Crippen molar-refractivity contribution in [2.75, 3.05) is 0 Å². The van der Waals surface area contributed by atoms with E-state index in [4.69, 9.17) is 0 Å². The van der Waals surface area contributed by atoms with Gasteiger partial charge in [0.25, 0.3) is 0 Å². The van der Waals surface area contributed by atoms with E-state index in [1.165, 1.54) is 0 Å². The zero-order valence-corrected chi connectivity index (χ0v) is 13.4. The van der Waals surface area contributed by atoms with Crippen molar-refractivity contribution in [3.05, 3.63) is 12.7 Å². The fourth-order valence-electron chi connectivity index (χ4n) is 2.52. The Morgan fingerprint density at radius 1 is 1.07 bits per heavy atom. The van der Waals surface area contributed by atoms with Crippen LogP contribution in [0.25, 0.3) is 0 Å². The highest BCUT2D eigenvalue weighted by atomic mass is 19.4. The number of halogens is 10. The smallest absolute Gasteiger partial charge is 0.415 e. The summed E-state index contributed by atoms with van der Waals surface area (Å²) in [6.07, 6.45) is -15.2. The summed E-state index contributed by atoms with van der Waals surface area (Å²) in [4.78, 5) is 11.1. The van der Waals surface area contributed by atoms with Gasteiger partial charge in [-0.25, -0.2) is 4.79 Å². The number of hydrogen-bond acceptors (Lipinski definition) is 4. The van der Waals surface area contributed by atoms with Crippen LogP contribution in [0.5, 0.6) is 0 Å². The summed E-state index contributed by atoms with van der Waals surface area (Å²) in [5.41, 5.74) is -10.6. The van der Waals surface area contributed by atoms with Crippen molar-refractivity contribution < 1.29 is 63.3 Å². The molecule has 0 bridgehead atoms. The van der Waals surface area contributed by atoms with Crippen LogP contribution in [0.3, 0.4) is 0 Å². The molecule has 4 nitrogen and oxygen atoms in total. The van der Waals surface area contributed by atoms with Gasteiger partial charge in [-0.2, -0.15) is 43.9 Å². The van der Waals surface area contributed by atoms with E-state index in [9.17, 15) is 53.8 Å². The first-order valence-corrected chi connectivity index (χ1v) is 6.89. The van der Waals surface area contributed by atoms with Crippen LogP contribution in [-0.4, -0.2) is 52.3 Å². The van der Waals surface area contributed by atoms with Crippen molar-refractivity contribution in [1.82, 2.24) is 0 Å². The van der Waals surface area contributed by atoms with E-state index >= 15 is 0 Å². The summed E-state index contributed by atoms with van der Waals surface area (Å²) in [5, 5.41) is 9.72. The van der Waals surface area contributed by atoms with E-state index in [-0.39, 0.29) is 6.08 Å². The molecule has 158 valence electrons. The lowest BCUT2D eigenvalue weighted by molar-refractivity contribution is -0.554. The third-order valence-electron chi connectivity index (χ3n) is 4.24. The average molecular weight is 422 g/mol. The molecule has 0 aromatic heterocycles. The van der Waals surface area contributed by atoms with Gasteiger partial charge in [-0.05, 0) is 13.3 Å². The van der Waals surface area contributed by atoms with Crippen molar-refractivity contribution in [1.29, 1.82) is 0 Å². The molecule has 0 aromatic carbocycles. The van der Waals surface area contributed by atoms with Crippen LogP contribution in [-0.2, 0) is 14.3 Å². The van der Waals surface area contributed by atoms with Crippen LogP contribution in [0.1, 0.15) is 20.3 Å². The van der Waals surface area contributed by atoms with Crippen LogP contribution in [0.15, 0.2) is 12.7 Å². The van der Waals surface area contributed by atoms with E-state index in [1.807, 2.05) is 0 Å². The second kappa shape index (κ2) is 5.96. The molecule has 3 atom stereocenters. The van der Waals surface area contributed by atoms with Crippen LogP contribution < -0.4 is 0 Å². The topological polar surface area (TPSA) is 55.8 Å². The second-order valence-electron chi connectivity index (χ2n) is 5.74. The highest BCUT2D eigenvalue weighted by Crippen LogP contribution is 2.66. The summed E-state index contributed by atoms with van der Waals surface area (Å²) >= 11 is 0. The van der Waals surface area contributed by atoms with Crippen molar-refractivity contribution >= 4 is 5.97 Å². The molecule has 0 amide bonds. The van der Waals surface area contributed by atoms with E-state index < -0.39 is 60.5 Å². The molecule has 0 aromatic rings. The average Bonchev–Trinajstić information content (AvgIpc) is 2.48. The van der Waals surface area contributed by atoms with Gasteiger partial charge >= 0.3 is 36.0 Å². The molecule has 1 saturated heterocycles. The predicted molar refractivity (Wildman–Crippen MR) is 65.8 cm³/mol. The maximum absolute atomic E-state index is 14.5. The van der Waals surface area contributed by atoms with E-state index in [1.54, 1.807) is 0 Å². The molecule has 0 aliphatic carbocycles. The van der Waals surface area contributed by atoms with Gasteiger partial charge in [0.05, 0.1) is 0 Å². The molecule has 1 aliphatic heterocycles.